The molecule has 1 aliphatic heterocycles. The van der Waals surface area contributed by atoms with Crippen LogP contribution in [0.3, 0.4) is 0 Å². The zero-order chi connectivity index (χ0) is 26.8. The zero-order valence-corrected chi connectivity index (χ0v) is 25.5. The van der Waals surface area contributed by atoms with Gasteiger partial charge in [0.05, 0.1) is 0 Å². The molecular formula is C33H56B2O3. The van der Waals surface area contributed by atoms with Crippen LogP contribution in [0.2, 0.25) is 17.5 Å². The first-order valence-electron chi connectivity index (χ1n) is 16.7. The zero-order valence-electron chi connectivity index (χ0n) is 25.5. The highest BCUT2D eigenvalue weighted by Gasteiger charge is 2.63. The van der Waals surface area contributed by atoms with Crippen molar-refractivity contribution < 1.29 is 14.0 Å². The minimum absolute atomic E-state index is 0.121. The van der Waals surface area contributed by atoms with Gasteiger partial charge in [-0.3, -0.25) is 0 Å². The quantitative estimate of drug-likeness (QED) is 0.236. The van der Waals surface area contributed by atoms with Crippen LogP contribution in [-0.4, -0.2) is 33.4 Å². The van der Waals surface area contributed by atoms with Gasteiger partial charge in [0.1, 0.15) is 0 Å². The summed E-state index contributed by atoms with van der Waals surface area (Å²) in [5, 5.41) is 0. The molecule has 0 spiro atoms. The second-order valence-corrected chi connectivity index (χ2v) is 16.0. The highest BCUT2D eigenvalue weighted by Crippen LogP contribution is 2.69. The second-order valence-electron chi connectivity index (χ2n) is 16.0. The summed E-state index contributed by atoms with van der Waals surface area (Å²) in [5.41, 5.74) is 1.03. The molecule has 0 radical (unpaired) electrons. The molecule has 4 bridgehead atoms. The first kappa shape index (κ1) is 27.9. The van der Waals surface area contributed by atoms with Crippen molar-refractivity contribution in [3.63, 3.8) is 0 Å². The standard InChI is InChI=1S/C33H56B2O3/c1-8-28(35-36-15-12-16-37-35)31(23-13-10-9-11-14-23)38-34(29-19-24-17-26(21(29)2)32(24,4)5)30-20-25-18-27(22(30)3)33(25,6)7/h8,21-31H,1,9-20H2,2-7H3/t21-,22-,24+,25+,26-,27-,28+,29-,30-,31-/m1/s1. The van der Waals surface area contributed by atoms with Crippen LogP contribution >= 0.6 is 0 Å². The van der Waals surface area contributed by atoms with E-state index in [0.717, 1.165) is 55.1 Å². The van der Waals surface area contributed by atoms with Crippen LogP contribution in [0, 0.1) is 52.3 Å². The molecular weight excluding hydrogens is 466 g/mol. The molecule has 8 fully saturated rings. The van der Waals surface area contributed by atoms with Crippen molar-refractivity contribution in [3.05, 3.63) is 12.7 Å². The van der Waals surface area contributed by atoms with E-state index >= 15 is 0 Å². The molecule has 1 heterocycles. The molecule has 0 amide bonds. The fourth-order valence-electron chi connectivity index (χ4n) is 11.1. The molecule has 3 nitrogen and oxygen atoms in total. The van der Waals surface area contributed by atoms with Crippen molar-refractivity contribution in [1.82, 2.24) is 0 Å². The Bertz CT molecular complexity index is 805. The minimum Gasteiger partial charge on any atom is -0.432 e. The maximum atomic E-state index is 7.76. The fraction of sp³-hybridized carbons (Fsp3) is 0.939. The summed E-state index contributed by atoms with van der Waals surface area (Å²) in [6.07, 6.45) is 15.5. The Balaban J connectivity index is 1.32. The molecule has 212 valence electrons. The van der Waals surface area contributed by atoms with Gasteiger partial charge in [0.25, 0.3) is 6.92 Å². The van der Waals surface area contributed by atoms with Gasteiger partial charge in [-0.2, -0.15) is 0 Å². The van der Waals surface area contributed by atoms with Crippen LogP contribution in [0.5, 0.6) is 0 Å². The third-order valence-corrected chi connectivity index (χ3v) is 13.9. The predicted molar refractivity (Wildman–Crippen MR) is 159 cm³/mol. The summed E-state index contributed by atoms with van der Waals surface area (Å²) in [6.45, 7) is 21.7. The van der Waals surface area contributed by atoms with E-state index in [1.807, 2.05) is 0 Å². The lowest BCUT2D eigenvalue weighted by molar-refractivity contribution is -0.113. The van der Waals surface area contributed by atoms with Gasteiger partial charge in [-0.25, -0.2) is 0 Å². The molecule has 7 saturated carbocycles. The van der Waals surface area contributed by atoms with Crippen LogP contribution in [0.4, 0.5) is 0 Å². The molecule has 10 atom stereocenters. The predicted octanol–water partition coefficient (Wildman–Crippen LogP) is 8.57. The Morgan fingerprint density at radius 1 is 0.816 bits per heavy atom. The normalized spacial score (nSPS) is 43.4. The molecule has 0 unspecified atom stereocenters. The lowest BCUT2D eigenvalue weighted by atomic mass is 9.27. The molecule has 0 aromatic carbocycles. The molecule has 8 aliphatic rings. The molecule has 38 heavy (non-hydrogen) atoms. The molecule has 8 rings (SSSR count). The van der Waals surface area contributed by atoms with Crippen molar-refractivity contribution in [2.75, 3.05) is 13.2 Å². The first-order valence-corrected chi connectivity index (χ1v) is 16.7. The van der Waals surface area contributed by atoms with Gasteiger partial charge in [-0.05, 0) is 96.0 Å². The average Bonchev–Trinajstić information content (AvgIpc) is 2.92. The van der Waals surface area contributed by atoms with Crippen LogP contribution in [0.25, 0.3) is 0 Å². The van der Waals surface area contributed by atoms with Gasteiger partial charge >= 0.3 is 7.12 Å². The van der Waals surface area contributed by atoms with Crippen molar-refractivity contribution in [2.45, 2.75) is 129 Å². The van der Waals surface area contributed by atoms with E-state index in [2.05, 4.69) is 54.2 Å². The monoisotopic (exact) mass is 522 g/mol. The Morgan fingerprint density at radius 2 is 1.34 bits per heavy atom. The van der Waals surface area contributed by atoms with Crippen molar-refractivity contribution in [2.24, 2.45) is 52.3 Å². The number of hydrogen-bond donors (Lipinski definition) is 0. The molecule has 0 N–H and O–H groups in total. The summed E-state index contributed by atoms with van der Waals surface area (Å²) in [7, 11) is -0.193. The molecule has 5 heteroatoms. The Kier molecular flexibility index (Phi) is 7.74. The number of rotatable bonds is 8. The largest absolute Gasteiger partial charge is 0.466 e. The van der Waals surface area contributed by atoms with Crippen LogP contribution in [0.1, 0.15) is 106 Å². The Labute approximate surface area is 235 Å². The number of fused-ring (bicyclic) bond motifs is 4. The Morgan fingerprint density at radius 3 is 1.79 bits per heavy atom. The lowest BCUT2D eigenvalue weighted by Gasteiger charge is -2.66. The van der Waals surface area contributed by atoms with Gasteiger partial charge in [0, 0.05) is 25.1 Å². The average molecular weight is 522 g/mol. The van der Waals surface area contributed by atoms with E-state index in [-0.39, 0.29) is 19.0 Å². The van der Waals surface area contributed by atoms with E-state index in [0.29, 0.717) is 35.3 Å². The van der Waals surface area contributed by atoms with Crippen LogP contribution in [-0.2, 0) is 14.0 Å². The van der Waals surface area contributed by atoms with Gasteiger partial charge in [-0.15, -0.1) is 6.58 Å². The molecule has 7 aliphatic carbocycles. The summed E-state index contributed by atoms with van der Waals surface area (Å²) in [6, 6.07) is 0. The third-order valence-electron chi connectivity index (χ3n) is 13.9. The van der Waals surface area contributed by atoms with E-state index in [4.69, 9.17) is 14.0 Å². The summed E-state index contributed by atoms with van der Waals surface area (Å²) in [4.78, 5) is 0. The Hall–Kier alpha value is -0.250. The smallest absolute Gasteiger partial charge is 0.432 e. The maximum absolute atomic E-state index is 7.76. The summed E-state index contributed by atoms with van der Waals surface area (Å²) < 4.78 is 20.3. The van der Waals surface area contributed by atoms with Crippen LogP contribution in [0.15, 0.2) is 12.7 Å². The van der Waals surface area contributed by atoms with E-state index in [9.17, 15) is 0 Å². The molecule has 0 aromatic heterocycles. The van der Waals surface area contributed by atoms with Gasteiger partial charge in [0.15, 0.2) is 0 Å². The number of hydrogen-bond acceptors (Lipinski definition) is 3. The van der Waals surface area contributed by atoms with Crippen molar-refractivity contribution in [1.29, 1.82) is 0 Å². The SMILES string of the molecule is C=C[C@H](B1OCCCO1)[C@H](OB([C@@H]1C[C@@H]2C[C@H]([C@H]1C)C2(C)C)[C@@H]1C[C@@H]2C[C@H]([C@H]1C)C2(C)C)C1CCCCC1. The van der Waals surface area contributed by atoms with Gasteiger partial charge < -0.3 is 14.0 Å². The van der Waals surface area contributed by atoms with Crippen LogP contribution < -0.4 is 0 Å². The van der Waals surface area contributed by atoms with Gasteiger partial charge in [-0.1, -0.05) is 79.7 Å². The molecule has 0 aromatic rings. The van der Waals surface area contributed by atoms with Gasteiger partial charge in [0.2, 0.25) is 0 Å². The summed E-state index contributed by atoms with van der Waals surface area (Å²) in [5.74, 6) is 7.04. The van der Waals surface area contributed by atoms with Crippen molar-refractivity contribution >= 4 is 14.0 Å². The van der Waals surface area contributed by atoms with E-state index < -0.39 is 0 Å². The topological polar surface area (TPSA) is 27.7 Å². The first-order chi connectivity index (χ1) is 18.1. The molecule has 1 saturated heterocycles. The minimum atomic E-state index is -0.193. The highest BCUT2D eigenvalue weighted by molar-refractivity contribution is 6.56. The van der Waals surface area contributed by atoms with E-state index in [1.54, 1.807) is 0 Å². The fourth-order valence-corrected chi connectivity index (χ4v) is 11.1. The third kappa shape index (κ3) is 4.52. The second kappa shape index (κ2) is 10.5. The summed E-state index contributed by atoms with van der Waals surface area (Å²) >= 11 is 0. The van der Waals surface area contributed by atoms with E-state index in [1.165, 1.54) is 57.8 Å². The lowest BCUT2D eigenvalue weighted by Crippen LogP contribution is -2.61. The van der Waals surface area contributed by atoms with Crippen molar-refractivity contribution in [3.8, 4) is 0 Å². The highest BCUT2D eigenvalue weighted by atomic mass is 16.6. The maximum Gasteiger partial charge on any atom is 0.466 e.